The lowest BCUT2D eigenvalue weighted by Crippen LogP contribution is -2.47. The third-order valence-corrected chi connectivity index (χ3v) is 9.93. The molecule has 0 N–H and O–H groups in total. The number of benzene rings is 1. The summed E-state index contributed by atoms with van der Waals surface area (Å²) in [5.74, 6) is 1.48. The van der Waals surface area contributed by atoms with Gasteiger partial charge in [0.1, 0.15) is 18.2 Å². The Morgan fingerprint density at radius 1 is 0.949 bits per heavy atom. The second-order valence-corrected chi connectivity index (χ2v) is 12.2. The van der Waals surface area contributed by atoms with Crippen molar-refractivity contribution in [1.82, 2.24) is 19.3 Å². The molecule has 2 unspecified atom stereocenters. The molecule has 9 nitrogen and oxygen atoms in total. The van der Waals surface area contributed by atoms with Crippen molar-refractivity contribution >= 4 is 15.8 Å². The zero-order valence-electron chi connectivity index (χ0n) is 22.9. The molecular weight excluding hydrogens is 514 g/mol. The standard InChI is InChI=1S/C29H37N5O4S/c1-21-17-26(37-3)18-22(2)28(21)39(35,36)34-16-7-5-10-25(34)20-38-29-31-14-12-27(32-29)33-15-8-11-24(33)19-23-9-4-6-13-30-23/h4,6,9,12-14,17-18,24-25H,5,7-8,10-11,15-16,19-20H2,1-3H3. The van der Waals surface area contributed by atoms with E-state index in [0.717, 1.165) is 56.6 Å². The first-order valence-electron chi connectivity index (χ1n) is 13.7. The van der Waals surface area contributed by atoms with E-state index >= 15 is 0 Å². The summed E-state index contributed by atoms with van der Waals surface area (Å²) in [4.78, 5) is 16.2. The summed E-state index contributed by atoms with van der Waals surface area (Å²) in [6.07, 6.45) is 9.08. The maximum atomic E-state index is 13.9. The molecule has 4 heterocycles. The summed E-state index contributed by atoms with van der Waals surface area (Å²) in [6, 6.07) is 11.8. The predicted molar refractivity (Wildman–Crippen MR) is 150 cm³/mol. The average Bonchev–Trinajstić information content (AvgIpc) is 3.40. The number of hydrogen-bond donors (Lipinski definition) is 0. The number of rotatable bonds is 9. The number of methoxy groups -OCH3 is 1. The van der Waals surface area contributed by atoms with Crippen molar-refractivity contribution in [2.75, 3.05) is 31.7 Å². The molecular formula is C29H37N5O4S. The summed E-state index contributed by atoms with van der Waals surface area (Å²) < 4.78 is 40.7. The number of sulfonamides is 1. The van der Waals surface area contributed by atoms with Crippen LogP contribution < -0.4 is 14.4 Å². The zero-order chi connectivity index (χ0) is 27.4. The first-order chi connectivity index (χ1) is 18.9. The van der Waals surface area contributed by atoms with Crippen LogP contribution in [-0.4, -0.2) is 66.6 Å². The van der Waals surface area contributed by atoms with Crippen molar-refractivity contribution < 1.29 is 17.9 Å². The Kier molecular flexibility index (Phi) is 8.32. The Bertz CT molecular complexity index is 1360. The Morgan fingerprint density at radius 3 is 2.49 bits per heavy atom. The number of anilines is 1. The van der Waals surface area contributed by atoms with Crippen LogP contribution in [-0.2, 0) is 16.4 Å². The minimum absolute atomic E-state index is 0.203. The third kappa shape index (κ3) is 6.01. The van der Waals surface area contributed by atoms with Gasteiger partial charge < -0.3 is 14.4 Å². The Labute approximate surface area is 231 Å². The SMILES string of the molecule is COc1cc(C)c(S(=O)(=O)N2CCCCC2COc2nccc(N3CCCC3Cc3ccccn3)n2)c(C)c1. The molecule has 2 aromatic heterocycles. The molecule has 0 spiro atoms. The number of piperidine rings is 1. The van der Waals surface area contributed by atoms with Crippen LogP contribution in [0.25, 0.3) is 0 Å². The van der Waals surface area contributed by atoms with E-state index < -0.39 is 10.0 Å². The summed E-state index contributed by atoms with van der Waals surface area (Å²) in [7, 11) is -2.13. The molecule has 2 aliphatic heterocycles. The Hall–Kier alpha value is -3.24. The van der Waals surface area contributed by atoms with Crippen molar-refractivity contribution in [2.24, 2.45) is 0 Å². The highest BCUT2D eigenvalue weighted by Crippen LogP contribution is 2.32. The van der Waals surface area contributed by atoms with Gasteiger partial charge in [-0.25, -0.2) is 13.4 Å². The fraction of sp³-hybridized carbons (Fsp3) is 0.483. The molecule has 2 saturated heterocycles. The molecule has 0 amide bonds. The van der Waals surface area contributed by atoms with E-state index in [1.165, 1.54) is 0 Å². The van der Waals surface area contributed by atoms with Crippen LogP contribution in [0.1, 0.15) is 48.9 Å². The van der Waals surface area contributed by atoms with Crippen molar-refractivity contribution in [3.63, 3.8) is 0 Å². The van der Waals surface area contributed by atoms with E-state index in [2.05, 4.69) is 20.9 Å². The molecule has 5 rings (SSSR count). The molecule has 2 aliphatic rings. The highest BCUT2D eigenvalue weighted by atomic mass is 32.2. The Balaban J connectivity index is 1.30. The van der Waals surface area contributed by atoms with E-state index in [1.54, 1.807) is 29.7 Å². The monoisotopic (exact) mass is 551 g/mol. The molecule has 3 aromatic rings. The van der Waals surface area contributed by atoms with Crippen LogP contribution in [0.2, 0.25) is 0 Å². The van der Waals surface area contributed by atoms with E-state index in [1.807, 2.05) is 38.2 Å². The van der Waals surface area contributed by atoms with Crippen LogP contribution in [0.3, 0.4) is 0 Å². The normalized spacial score (nSPS) is 20.2. The molecule has 2 fully saturated rings. The number of ether oxygens (including phenoxy) is 2. The molecule has 0 bridgehead atoms. The largest absolute Gasteiger partial charge is 0.497 e. The topological polar surface area (TPSA) is 97.8 Å². The van der Waals surface area contributed by atoms with Crippen LogP contribution >= 0.6 is 0 Å². The van der Waals surface area contributed by atoms with Gasteiger partial charge in [-0.05, 0) is 81.0 Å². The quantitative estimate of drug-likeness (QED) is 0.388. The smallest absolute Gasteiger partial charge is 0.318 e. The van der Waals surface area contributed by atoms with Gasteiger partial charge >= 0.3 is 6.01 Å². The van der Waals surface area contributed by atoms with Gasteiger partial charge in [0, 0.05) is 43.6 Å². The average molecular weight is 552 g/mol. The van der Waals surface area contributed by atoms with Crippen LogP contribution in [0.5, 0.6) is 11.8 Å². The third-order valence-electron chi connectivity index (χ3n) is 7.68. The molecule has 0 radical (unpaired) electrons. The molecule has 0 saturated carbocycles. The lowest BCUT2D eigenvalue weighted by atomic mass is 10.1. The minimum atomic E-state index is -3.72. The maximum absolute atomic E-state index is 13.9. The molecule has 1 aromatic carbocycles. The number of aryl methyl sites for hydroxylation is 2. The first kappa shape index (κ1) is 27.3. The van der Waals surface area contributed by atoms with E-state index in [9.17, 15) is 8.42 Å². The second-order valence-electron chi connectivity index (χ2n) is 10.4. The van der Waals surface area contributed by atoms with Crippen molar-refractivity contribution in [3.8, 4) is 11.8 Å². The van der Waals surface area contributed by atoms with Crippen LogP contribution in [0.15, 0.2) is 53.7 Å². The zero-order valence-corrected chi connectivity index (χ0v) is 23.7. The van der Waals surface area contributed by atoms with E-state index in [0.29, 0.717) is 34.4 Å². The number of nitrogens with zero attached hydrogens (tertiary/aromatic N) is 5. The first-order valence-corrected chi connectivity index (χ1v) is 15.1. The van der Waals surface area contributed by atoms with E-state index in [4.69, 9.17) is 14.5 Å². The molecule has 10 heteroatoms. The fourth-order valence-electron chi connectivity index (χ4n) is 5.85. The van der Waals surface area contributed by atoms with Crippen LogP contribution in [0, 0.1) is 13.8 Å². The van der Waals surface area contributed by atoms with Gasteiger partial charge in [0.05, 0.1) is 18.0 Å². The van der Waals surface area contributed by atoms with Crippen molar-refractivity contribution in [1.29, 1.82) is 0 Å². The van der Waals surface area contributed by atoms with Gasteiger partial charge in [0.25, 0.3) is 0 Å². The summed E-state index contributed by atoms with van der Waals surface area (Å²) in [5.41, 5.74) is 2.43. The minimum Gasteiger partial charge on any atom is -0.497 e. The highest BCUT2D eigenvalue weighted by Gasteiger charge is 2.36. The summed E-state index contributed by atoms with van der Waals surface area (Å²) in [5, 5.41) is 0. The maximum Gasteiger partial charge on any atom is 0.318 e. The Morgan fingerprint density at radius 2 is 1.74 bits per heavy atom. The highest BCUT2D eigenvalue weighted by molar-refractivity contribution is 7.89. The molecule has 208 valence electrons. The second kappa shape index (κ2) is 11.9. The van der Waals surface area contributed by atoms with Gasteiger partial charge in [0.2, 0.25) is 10.0 Å². The van der Waals surface area contributed by atoms with Crippen molar-refractivity contribution in [2.45, 2.75) is 69.4 Å². The van der Waals surface area contributed by atoms with Crippen molar-refractivity contribution in [3.05, 3.63) is 65.6 Å². The number of hydrogen-bond acceptors (Lipinski definition) is 8. The van der Waals surface area contributed by atoms with Gasteiger partial charge in [-0.1, -0.05) is 12.5 Å². The van der Waals surface area contributed by atoms with Gasteiger partial charge in [-0.3, -0.25) is 4.98 Å². The fourth-order valence-corrected chi connectivity index (χ4v) is 7.95. The molecule has 2 atom stereocenters. The van der Waals surface area contributed by atoms with Gasteiger partial charge in [0.15, 0.2) is 0 Å². The summed E-state index contributed by atoms with van der Waals surface area (Å²) in [6.45, 7) is 5.22. The van der Waals surface area contributed by atoms with Gasteiger partial charge in [-0.2, -0.15) is 9.29 Å². The predicted octanol–water partition coefficient (Wildman–Crippen LogP) is 4.33. The summed E-state index contributed by atoms with van der Waals surface area (Å²) >= 11 is 0. The van der Waals surface area contributed by atoms with E-state index in [-0.39, 0.29) is 18.7 Å². The number of pyridine rings is 1. The lowest BCUT2D eigenvalue weighted by Gasteiger charge is -2.35. The number of aromatic nitrogens is 3. The van der Waals surface area contributed by atoms with Gasteiger partial charge in [-0.15, -0.1) is 0 Å². The molecule has 39 heavy (non-hydrogen) atoms. The van der Waals surface area contributed by atoms with Crippen LogP contribution in [0.4, 0.5) is 5.82 Å². The molecule has 0 aliphatic carbocycles. The lowest BCUT2D eigenvalue weighted by molar-refractivity contribution is 0.161.